The second kappa shape index (κ2) is 9.27. The van der Waals surface area contributed by atoms with Crippen LogP contribution in [0.5, 0.6) is 0 Å². The molecule has 0 radical (unpaired) electrons. The van der Waals surface area contributed by atoms with E-state index in [2.05, 4.69) is 20.3 Å². The van der Waals surface area contributed by atoms with E-state index in [1.54, 1.807) is 18.4 Å². The van der Waals surface area contributed by atoms with Gasteiger partial charge < -0.3 is 10.6 Å². The topological polar surface area (TPSA) is 126 Å². The molecule has 0 unspecified atom stereocenters. The molecule has 11 heteroatoms. The van der Waals surface area contributed by atoms with Gasteiger partial charge >= 0.3 is 0 Å². The molecule has 140 valence electrons. The van der Waals surface area contributed by atoms with E-state index in [-0.39, 0.29) is 17.1 Å². The summed E-state index contributed by atoms with van der Waals surface area (Å²) in [6.45, 7) is 1.03. The number of nitro groups is 1. The van der Waals surface area contributed by atoms with Crippen LogP contribution in [-0.4, -0.2) is 39.4 Å². The molecule has 0 amide bonds. The number of nitrogens with zero attached hydrogens (tertiary/aromatic N) is 2. The Hall–Kier alpha value is -2.50. The third kappa shape index (κ3) is 5.79. The van der Waals surface area contributed by atoms with Crippen molar-refractivity contribution in [2.45, 2.75) is 11.4 Å². The number of non-ortho nitro benzene ring substituents is 1. The SMILES string of the molecule is CN=C(NCCNS(=O)(=O)c1cccc([N+](=O)[O-])c1)NCc1cccs1. The summed E-state index contributed by atoms with van der Waals surface area (Å²) in [5, 5.41) is 18.9. The van der Waals surface area contributed by atoms with E-state index in [1.165, 1.54) is 18.2 Å². The van der Waals surface area contributed by atoms with Crippen LogP contribution in [0.25, 0.3) is 0 Å². The highest BCUT2D eigenvalue weighted by atomic mass is 32.2. The molecule has 1 heterocycles. The number of nitro benzene ring substituents is 1. The highest BCUT2D eigenvalue weighted by Gasteiger charge is 2.16. The van der Waals surface area contributed by atoms with Crippen molar-refractivity contribution in [1.29, 1.82) is 0 Å². The third-order valence-corrected chi connectivity index (χ3v) is 5.62. The normalized spacial score (nSPS) is 12.0. The van der Waals surface area contributed by atoms with Gasteiger partial charge in [-0.2, -0.15) is 0 Å². The Bertz CT molecular complexity index is 866. The minimum atomic E-state index is -3.82. The van der Waals surface area contributed by atoms with Crippen molar-refractivity contribution in [3.05, 3.63) is 56.8 Å². The van der Waals surface area contributed by atoms with Gasteiger partial charge in [-0.1, -0.05) is 12.1 Å². The van der Waals surface area contributed by atoms with E-state index < -0.39 is 14.9 Å². The number of hydrogen-bond donors (Lipinski definition) is 3. The zero-order valence-corrected chi connectivity index (χ0v) is 15.6. The molecule has 1 aromatic heterocycles. The molecular weight excluding hydrogens is 378 g/mol. The lowest BCUT2D eigenvalue weighted by Gasteiger charge is -2.12. The molecule has 1 aromatic carbocycles. The monoisotopic (exact) mass is 397 g/mol. The molecule has 0 aliphatic heterocycles. The number of rotatable bonds is 8. The molecule has 0 fully saturated rings. The van der Waals surface area contributed by atoms with Crippen LogP contribution in [0.3, 0.4) is 0 Å². The standard InChI is InChI=1S/C15H19N5O4S2/c1-16-15(18-11-13-5-3-9-25-13)17-7-8-19-26(23,24)14-6-2-4-12(10-14)20(21)22/h2-6,9-10,19H,7-8,11H2,1H3,(H2,16,17,18). The molecule has 2 rings (SSSR count). The fourth-order valence-electron chi connectivity index (χ4n) is 2.02. The summed E-state index contributed by atoms with van der Waals surface area (Å²) in [6, 6.07) is 8.87. The number of thiophene rings is 1. The van der Waals surface area contributed by atoms with Crippen LogP contribution in [0.2, 0.25) is 0 Å². The summed E-state index contributed by atoms with van der Waals surface area (Å²) in [4.78, 5) is 15.2. The zero-order chi connectivity index (χ0) is 19.0. The maximum atomic E-state index is 12.2. The molecule has 0 spiro atoms. The summed E-state index contributed by atoms with van der Waals surface area (Å²) in [6.07, 6.45) is 0. The maximum Gasteiger partial charge on any atom is 0.270 e. The molecule has 3 N–H and O–H groups in total. The predicted molar refractivity (Wildman–Crippen MR) is 101 cm³/mol. The Morgan fingerprint density at radius 1 is 1.23 bits per heavy atom. The Morgan fingerprint density at radius 2 is 2.04 bits per heavy atom. The number of benzene rings is 1. The van der Waals surface area contributed by atoms with E-state index >= 15 is 0 Å². The van der Waals surface area contributed by atoms with Gasteiger partial charge in [0.05, 0.1) is 16.4 Å². The second-order valence-electron chi connectivity index (χ2n) is 5.08. The molecule has 2 aromatic rings. The molecule has 0 bridgehead atoms. The predicted octanol–water partition coefficient (Wildman–Crippen LogP) is 1.30. The molecule has 0 aliphatic rings. The van der Waals surface area contributed by atoms with Gasteiger partial charge in [0, 0.05) is 37.1 Å². The number of sulfonamides is 1. The fraction of sp³-hybridized carbons (Fsp3) is 0.267. The van der Waals surface area contributed by atoms with Gasteiger partial charge in [-0.15, -0.1) is 11.3 Å². The van der Waals surface area contributed by atoms with Crippen LogP contribution >= 0.6 is 11.3 Å². The van der Waals surface area contributed by atoms with Gasteiger partial charge in [0.25, 0.3) is 5.69 Å². The Kier molecular flexibility index (Phi) is 7.06. The van der Waals surface area contributed by atoms with E-state index in [0.717, 1.165) is 10.9 Å². The zero-order valence-electron chi connectivity index (χ0n) is 14.0. The second-order valence-corrected chi connectivity index (χ2v) is 7.88. The lowest BCUT2D eigenvalue weighted by atomic mass is 10.3. The van der Waals surface area contributed by atoms with Crippen molar-refractivity contribution >= 4 is 33.0 Å². The summed E-state index contributed by atoms with van der Waals surface area (Å²) < 4.78 is 26.8. The number of aliphatic imine (C=N–C) groups is 1. The largest absolute Gasteiger partial charge is 0.355 e. The van der Waals surface area contributed by atoms with Crippen molar-refractivity contribution in [1.82, 2.24) is 15.4 Å². The molecule has 0 saturated heterocycles. The highest BCUT2D eigenvalue weighted by Crippen LogP contribution is 2.16. The van der Waals surface area contributed by atoms with Gasteiger partial charge in [0.1, 0.15) is 0 Å². The van der Waals surface area contributed by atoms with Crippen LogP contribution in [0.1, 0.15) is 4.88 Å². The van der Waals surface area contributed by atoms with Gasteiger partial charge in [-0.3, -0.25) is 15.1 Å². The van der Waals surface area contributed by atoms with Crippen molar-refractivity contribution in [3.63, 3.8) is 0 Å². The average molecular weight is 397 g/mol. The summed E-state index contributed by atoms with van der Waals surface area (Å²) in [5.74, 6) is 0.549. The maximum absolute atomic E-state index is 12.2. The van der Waals surface area contributed by atoms with E-state index in [9.17, 15) is 18.5 Å². The van der Waals surface area contributed by atoms with E-state index in [1.807, 2.05) is 17.5 Å². The van der Waals surface area contributed by atoms with Crippen LogP contribution < -0.4 is 15.4 Å². The van der Waals surface area contributed by atoms with Crippen LogP contribution in [0.15, 0.2) is 51.7 Å². The van der Waals surface area contributed by atoms with Gasteiger partial charge in [-0.25, -0.2) is 13.1 Å². The first-order valence-corrected chi connectivity index (χ1v) is 9.99. The summed E-state index contributed by atoms with van der Waals surface area (Å²) >= 11 is 1.62. The average Bonchev–Trinajstić information content (AvgIpc) is 3.14. The fourth-order valence-corrected chi connectivity index (χ4v) is 3.73. The van der Waals surface area contributed by atoms with Crippen molar-refractivity contribution in [2.75, 3.05) is 20.1 Å². The van der Waals surface area contributed by atoms with Gasteiger partial charge in [0.15, 0.2) is 5.96 Å². The van der Waals surface area contributed by atoms with Crippen molar-refractivity contribution in [3.8, 4) is 0 Å². The number of guanidine groups is 1. The van der Waals surface area contributed by atoms with E-state index in [4.69, 9.17) is 0 Å². The number of nitrogens with one attached hydrogen (secondary N) is 3. The Labute approximate surface area is 155 Å². The van der Waals surface area contributed by atoms with Crippen LogP contribution in [0, 0.1) is 10.1 Å². The molecule has 26 heavy (non-hydrogen) atoms. The smallest absolute Gasteiger partial charge is 0.270 e. The van der Waals surface area contributed by atoms with Crippen LogP contribution in [0.4, 0.5) is 5.69 Å². The quantitative estimate of drug-likeness (QED) is 0.203. The Morgan fingerprint density at radius 3 is 2.69 bits per heavy atom. The summed E-state index contributed by atoms with van der Waals surface area (Å²) in [5.41, 5.74) is -0.274. The highest BCUT2D eigenvalue weighted by molar-refractivity contribution is 7.89. The molecule has 0 aliphatic carbocycles. The molecule has 9 nitrogen and oxygen atoms in total. The van der Waals surface area contributed by atoms with Crippen molar-refractivity contribution in [2.24, 2.45) is 4.99 Å². The lowest BCUT2D eigenvalue weighted by molar-refractivity contribution is -0.385. The molecule has 0 atom stereocenters. The lowest BCUT2D eigenvalue weighted by Crippen LogP contribution is -2.41. The minimum Gasteiger partial charge on any atom is -0.355 e. The molecular formula is C15H19N5O4S2. The van der Waals surface area contributed by atoms with Gasteiger partial charge in [0.2, 0.25) is 10.0 Å². The van der Waals surface area contributed by atoms with E-state index in [0.29, 0.717) is 19.0 Å². The molecule has 0 saturated carbocycles. The van der Waals surface area contributed by atoms with Gasteiger partial charge in [-0.05, 0) is 17.5 Å². The Balaban J connectivity index is 1.82. The third-order valence-electron chi connectivity index (χ3n) is 3.28. The minimum absolute atomic E-state index is 0.102. The first-order valence-electron chi connectivity index (χ1n) is 7.63. The van der Waals surface area contributed by atoms with Crippen molar-refractivity contribution < 1.29 is 13.3 Å². The summed E-state index contributed by atoms with van der Waals surface area (Å²) in [7, 11) is -2.20. The number of hydrogen-bond acceptors (Lipinski definition) is 6. The first kappa shape index (κ1) is 19.8. The first-order chi connectivity index (χ1) is 12.4. The van der Waals surface area contributed by atoms with Crippen LogP contribution in [-0.2, 0) is 16.6 Å².